The minimum absolute atomic E-state index is 0.0966. The molecule has 1 aliphatic rings. The molecule has 22 heavy (non-hydrogen) atoms. The molecule has 5 heteroatoms. The standard InChI is InChI=1S/C17H17F2NO2/c1-10-6-13(7-15(18)16(10)19)11-2-4-12(5-3-11)17-21-8-14(20)9-22-17/h2-7,14,17H,8-9,20H2,1H3. The van der Waals surface area contributed by atoms with Crippen LogP contribution in [0.2, 0.25) is 0 Å². The molecule has 0 spiro atoms. The molecule has 1 heterocycles. The fourth-order valence-corrected chi connectivity index (χ4v) is 2.44. The zero-order chi connectivity index (χ0) is 15.7. The van der Waals surface area contributed by atoms with Gasteiger partial charge < -0.3 is 15.2 Å². The van der Waals surface area contributed by atoms with Crippen molar-refractivity contribution in [1.82, 2.24) is 0 Å². The summed E-state index contributed by atoms with van der Waals surface area (Å²) in [6, 6.07) is 10.1. The maximum atomic E-state index is 13.5. The van der Waals surface area contributed by atoms with Crippen LogP contribution in [0.15, 0.2) is 36.4 Å². The largest absolute Gasteiger partial charge is 0.347 e. The predicted molar refractivity (Wildman–Crippen MR) is 79.2 cm³/mol. The summed E-state index contributed by atoms with van der Waals surface area (Å²) in [7, 11) is 0. The summed E-state index contributed by atoms with van der Waals surface area (Å²) in [5.41, 5.74) is 8.29. The van der Waals surface area contributed by atoms with E-state index in [0.717, 1.165) is 11.1 Å². The van der Waals surface area contributed by atoms with E-state index in [1.54, 1.807) is 13.0 Å². The lowest BCUT2D eigenvalue weighted by molar-refractivity contribution is -0.189. The molecule has 1 fully saturated rings. The van der Waals surface area contributed by atoms with Crippen LogP contribution in [0.1, 0.15) is 17.4 Å². The number of hydrogen-bond acceptors (Lipinski definition) is 3. The summed E-state index contributed by atoms with van der Waals surface area (Å²) in [5.74, 6) is -1.65. The molecule has 0 atom stereocenters. The summed E-state index contributed by atoms with van der Waals surface area (Å²) in [6.45, 7) is 2.45. The average molecular weight is 305 g/mol. The monoisotopic (exact) mass is 305 g/mol. The van der Waals surface area contributed by atoms with Crippen molar-refractivity contribution in [3.8, 4) is 11.1 Å². The molecule has 2 aromatic rings. The van der Waals surface area contributed by atoms with E-state index in [-0.39, 0.29) is 11.6 Å². The minimum Gasteiger partial charge on any atom is -0.347 e. The molecule has 0 saturated carbocycles. The second-order valence-corrected chi connectivity index (χ2v) is 5.47. The van der Waals surface area contributed by atoms with Crippen LogP contribution < -0.4 is 5.73 Å². The Hall–Kier alpha value is -1.82. The van der Waals surface area contributed by atoms with E-state index in [4.69, 9.17) is 15.2 Å². The fourth-order valence-electron chi connectivity index (χ4n) is 2.44. The average Bonchev–Trinajstić information content (AvgIpc) is 2.53. The Labute approximate surface area is 127 Å². The number of benzene rings is 2. The molecule has 0 unspecified atom stereocenters. The van der Waals surface area contributed by atoms with Gasteiger partial charge in [-0.15, -0.1) is 0 Å². The molecular weight excluding hydrogens is 288 g/mol. The second-order valence-electron chi connectivity index (χ2n) is 5.47. The first-order valence-corrected chi connectivity index (χ1v) is 7.09. The van der Waals surface area contributed by atoms with Crippen LogP contribution in [0.5, 0.6) is 0 Å². The number of halogens is 2. The van der Waals surface area contributed by atoms with Crippen LogP contribution in [0, 0.1) is 18.6 Å². The highest BCUT2D eigenvalue weighted by molar-refractivity contribution is 5.64. The summed E-state index contributed by atoms with van der Waals surface area (Å²) in [4.78, 5) is 0. The van der Waals surface area contributed by atoms with Crippen molar-refractivity contribution in [2.75, 3.05) is 13.2 Å². The summed E-state index contributed by atoms with van der Waals surface area (Å²) < 4.78 is 37.9. The van der Waals surface area contributed by atoms with Crippen LogP contribution >= 0.6 is 0 Å². The zero-order valence-electron chi connectivity index (χ0n) is 12.2. The van der Waals surface area contributed by atoms with Crippen molar-refractivity contribution < 1.29 is 18.3 Å². The molecule has 1 saturated heterocycles. The van der Waals surface area contributed by atoms with Gasteiger partial charge in [0.25, 0.3) is 0 Å². The van der Waals surface area contributed by atoms with Crippen molar-refractivity contribution in [3.63, 3.8) is 0 Å². The van der Waals surface area contributed by atoms with E-state index in [9.17, 15) is 8.78 Å². The van der Waals surface area contributed by atoms with E-state index in [1.807, 2.05) is 24.3 Å². The Morgan fingerprint density at radius 1 is 1.00 bits per heavy atom. The van der Waals surface area contributed by atoms with Gasteiger partial charge in [-0.25, -0.2) is 8.78 Å². The van der Waals surface area contributed by atoms with E-state index < -0.39 is 17.9 Å². The van der Waals surface area contributed by atoms with Crippen LogP contribution in [0.3, 0.4) is 0 Å². The molecule has 1 aliphatic heterocycles. The zero-order valence-corrected chi connectivity index (χ0v) is 12.2. The number of hydrogen-bond donors (Lipinski definition) is 1. The van der Waals surface area contributed by atoms with Gasteiger partial charge in [0.05, 0.1) is 19.3 Å². The first-order valence-electron chi connectivity index (χ1n) is 7.09. The van der Waals surface area contributed by atoms with Gasteiger partial charge in [0, 0.05) is 5.56 Å². The smallest absolute Gasteiger partial charge is 0.183 e. The molecule has 2 aromatic carbocycles. The van der Waals surface area contributed by atoms with Crippen LogP contribution in [-0.2, 0) is 9.47 Å². The summed E-state index contributed by atoms with van der Waals surface area (Å²) >= 11 is 0. The minimum atomic E-state index is -0.841. The predicted octanol–water partition coefficient (Wildman–Crippen LogP) is 3.31. The van der Waals surface area contributed by atoms with Gasteiger partial charge in [-0.05, 0) is 35.7 Å². The van der Waals surface area contributed by atoms with Crippen LogP contribution in [0.25, 0.3) is 11.1 Å². The quantitative estimate of drug-likeness (QED) is 0.926. The fraction of sp³-hybridized carbons (Fsp3) is 0.294. The number of rotatable bonds is 2. The van der Waals surface area contributed by atoms with E-state index in [1.165, 1.54) is 6.07 Å². The van der Waals surface area contributed by atoms with E-state index >= 15 is 0 Å². The second kappa shape index (κ2) is 6.12. The van der Waals surface area contributed by atoms with Gasteiger partial charge >= 0.3 is 0 Å². The van der Waals surface area contributed by atoms with Gasteiger partial charge in [-0.3, -0.25) is 0 Å². The Kier molecular flexibility index (Phi) is 4.20. The Morgan fingerprint density at radius 2 is 1.64 bits per heavy atom. The first kappa shape index (κ1) is 15.1. The van der Waals surface area contributed by atoms with Gasteiger partial charge in [-0.2, -0.15) is 0 Å². The number of nitrogens with two attached hydrogens (primary N) is 1. The lowest BCUT2D eigenvalue weighted by Gasteiger charge is -2.27. The molecular formula is C17H17F2NO2. The van der Waals surface area contributed by atoms with Gasteiger partial charge in [0.1, 0.15) is 0 Å². The van der Waals surface area contributed by atoms with Crippen molar-refractivity contribution in [3.05, 3.63) is 59.2 Å². The third-order valence-corrected chi connectivity index (χ3v) is 3.65. The highest BCUT2D eigenvalue weighted by Crippen LogP contribution is 2.28. The molecule has 0 radical (unpaired) electrons. The van der Waals surface area contributed by atoms with E-state index in [2.05, 4.69) is 0 Å². The Morgan fingerprint density at radius 3 is 2.23 bits per heavy atom. The lowest BCUT2D eigenvalue weighted by atomic mass is 10.0. The number of ether oxygens (including phenoxy) is 2. The third-order valence-electron chi connectivity index (χ3n) is 3.65. The van der Waals surface area contributed by atoms with Gasteiger partial charge in [-0.1, -0.05) is 24.3 Å². The first-order chi connectivity index (χ1) is 10.5. The maximum Gasteiger partial charge on any atom is 0.183 e. The third kappa shape index (κ3) is 3.02. The molecule has 3 rings (SSSR count). The SMILES string of the molecule is Cc1cc(-c2ccc(C3OCC(N)CO3)cc2)cc(F)c1F. The molecule has 0 bridgehead atoms. The van der Waals surface area contributed by atoms with Crippen molar-refractivity contribution in [1.29, 1.82) is 0 Å². The summed E-state index contributed by atoms with van der Waals surface area (Å²) in [5, 5.41) is 0. The summed E-state index contributed by atoms with van der Waals surface area (Å²) in [6.07, 6.45) is -0.430. The molecule has 0 aliphatic carbocycles. The van der Waals surface area contributed by atoms with Crippen LogP contribution in [-0.4, -0.2) is 19.3 Å². The van der Waals surface area contributed by atoms with E-state index in [0.29, 0.717) is 18.8 Å². The lowest BCUT2D eigenvalue weighted by Crippen LogP contribution is -2.37. The maximum absolute atomic E-state index is 13.5. The highest BCUT2D eigenvalue weighted by Gasteiger charge is 2.21. The van der Waals surface area contributed by atoms with Gasteiger partial charge in [0.2, 0.25) is 0 Å². The molecule has 3 nitrogen and oxygen atoms in total. The molecule has 0 amide bonds. The number of aryl methyl sites for hydroxylation is 1. The normalized spacial score (nSPS) is 21.8. The molecule has 116 valence electrons. The van der Waals surface area contributed by atoms with Crippen LogP contribution in [0.4, 0.5) is 8.78 Å². The Bertz CT molecular complexity index is 642. The molecule has 0 aromatic heterocycles. The van der Waals surface area contributed by atoms with Crippen molar-refractivity contribution in [2.24, 2.45) is 5.73 Å². The van der Waals surface area contributed by atoms with Gasteiger partial charge in [0.15, 0.2) is 17.9 Å². The Balaban J connectivity index is 1.82. The van der Waals surface area contributed by atoms with Crippen molar-refractivity contribution in [2.45, 2.75) is 19.3 Å². The van der Waals surface area contributed by atoms with Crippen molar-refractivity contribution >= 4 is 0 Å². The highest BCUT2D eigenvalue weighted by atomic mass is 19.2. The topological polar surface area (TPSA) is 44.5 Å². The molecule has 2 N–H and O–H groups in total.